The minimum absolute atomic E-state index is 0.0170. The molecule has 0 radical (unpaired) electrons. The molecule has 0 atom stereocenters. The maximum absolute atomic E-state index is 12.8. The zero-order valence-electron chi connectivity index (χ0n) is 16.0. The first kappa shape index (κ1) is 20.8. The van der Waals surface area contributed by atoms with Crippen LogP contribution in [-0.4, -0.2) is 48.8 Å². The van der Waals surface area contributed by atoms with Gasteiger partial charge in [0.1, 0.15) is 5.75 Å². The number of ether oxygens (including phenoxy) is 1. The first-order valence-corrected chi connectivity index (χ1v) is 10.4. The Morgan fingerprint density at radius 1 is 1.21 bits per heavy atom. The Balaban J connectivity index is 1.69. The normalized spacial score (nSPS) is 15.8. The number of sulfonamides is 1. The van der Waals surface area contributed by atoms with Gasteiger partial charge in [-0.25, -0.2) is 13.2 Å². The van der Waals surface area contributed by atoms with E-state index in [0.717, 1.165) is 4.31 Å². The fourth-order valence-corrected chi connectivity index (χ4v) is 5.00. The van der Waals surface area contributed by atoms with Crippen LogP contribution in [0, 0.1) is 12.8 Å². The van der Waals surface area contributed by atoms with Crippen LogP contribution in [0.3, 0.4) is 0 Å². The second-order valence-corrected chi connectivity index (χ2v) is 8.64. The Bertz CT molecular complexity index is 1130. The monoisotopic (exact) mass is 422 g/mol. The van der Waals surface area contributed by atoms with Gasteiger partial charge in [-0.15, -0.1) is 0 Å². The van der Waals surface area contributed by atoms with E-state index >= 15 is 0 Å². The number of aromatic amines is 2. The number of hydrogen-bond acceptors (Lipinski definition) is 6. The van der Waals surface area contributed by atoms with E-state index in [-0.39, 0.29) is 30.6 Å². The van der Waals surface area contributed by atoms with Crippen LogP contribution in [0.25, 0.3) is 0 Å². The number of aryl methyl sites for hydroxylation is 1. The van der Waals surface area contributed by atoms with Crippen LogP contribution in [0.1, 0.15) is 18.5 Å². The Labute approximate surface area is 167 Å². The van der Waals surface area contributed by atoms with Gasteiger partial charge in [0.2, 0.25) is 15.9 Å². The molecule has 1 fully saturated rings. The number of piperidine rings is 1. The van der Waals surface area contributed by atoms with E-state index in [9.17, 15) is 22.8 Å². The smallest absolute Gasteiger partial charge is 0.325 e. The topological polar surface area (TPSA) is 141 Å². The molecule has 0 spiro atoms. The van der Waals surface area contributed by atoms with Crippen LogP contribution in [0.15, 0.2) is 38.8 Å². The zero-order valence-corrected chi connectivity index (χ0v) is 16.8. The van der Waals surface area contributed by atoms with Crippen LogP contribution < -0.4 is 21.3 Å². The molecule has 0 saturated carbocycles. The lowest BCUT2D eigenvalue weighted by atomic mass is 9.97. The van der Waals surface area contributed by atoms with Crippen molar-refractivity contribution in [3.8, 4) is 5.75 Å². The lowest BCUT2D eigenvalue weighted by Crippen LogP contribution is -2.44. The number of methoxy groups -OCH3 is 1. The average molecular weight is 422 g/mol. The average Bonchev–Trinajstić information content (AvgIpc) is 2.67. The number of H-pyrrole nitrogens is 2. The fourth-order valence-electron chi connectivity index (χ4n) is 3.33. The molecule has 0 unspecified atom stereocenters. The highest BCUT2D eigenvalue weighted by atomic mass is 32.2. The summed E-state index contributed by atoms with van der Waals surface area (Å²) in [5.41, 5.74) is -1.14. The molecule has 1 aromatic carbocycles. The van der Waals surface area contributed by atoms with Gasteiger partial charge in [-0.05, 0) is 31.9 Å². The molecule has 2 aromatic rings. The van der Waals surface area contributed by atoms with Crippen molar-refractivity contribution in [2.24, 2.45) is 5.92 Å². The van der Waals surface area contributed by atoms with Crippen LogP contribution in [0.5, 0.6) is 5.75 Å². The van der Waals surface area contributed by atoms with Gasteiger partial charge in [-0.2, -0.15) is 4.31 Å². The molecule has 1 saturated heterocycles. The molecule has 156 valence electrons. The van der Waals surface area contributed by atoms with Crippen LogP contribution in [-0.2, 0) is 14.8 Å². The summed E-state index contributed by atoms with van der Waals surface area (Å²) in [6.45, 7) is 1.55. The van der Waals surface area contributed by atoms with Gasteiger partial charge in [0, 0.05) is 36.5 Å². The van der Waals surface area contributed by atoms with E-state index in [0.29, 0.717) is 24.3 Å². The number of benzene rings is 1. The third-order valence-electron chi connectivity index (χ3n) is 4.83. The highest BCUT2D eigenvalue weighted by molar-refractivity contribution is 7.89. The molecule has 1 aliphatic heterocycles. The molecular weight excluding hydrogens is 400 g/mol. The molecule has 11 heteroatoms. The fraction of sp³-hybridized carbons (Fsp3) is 0.389. The number of anilines is 1. The number of amides is 1. The molecule has 1 amide bonds. The molecule has 2 heterocycles. The third kappa shape index (κ3) is 4.40. The van der Waals surface area contributed by atoms with Crippen LogP contribution >= 0.6 is 0 Å². The summed E-state index contributed by atoms with van der Waals surface area (Å²) < 4.78 is 32.0. The van der Waals surface area contributed by atoms with Gasteiger partial charge in [0.25, 0.3) is 5.56 Å². The predicted molar refractivity (Wildman–Crippen MR) is 106 cm³/mol. The molecule has 3 N–H and O–H groups in total. The second-order valence-electron chi connectivity index (χ2n) is 6.76. The Kier molecular flexibility index (Phi) is 5.89. The lowest BCUT2D eigenvalue weighted by Gasteiger charge is -2.30. The van der Waals surface area contributed by atoms with Gasteiger partial charge in [-0.3, -0.25) is 14.6 Å². The zero-order chi connectivity index (χ0) is 21.2. The predicted octanol–water partition coefficient (Wildman–Crippen LogP) is 0.420. The standard InChI is InChI=1S/C18H22N4O6S/c1-11-15(17(24)21-18(25)19-11)29(26,27)22-8-6-12(7-9-22)16(23)20-13-4-3-5-14(10-13)28-2/h3-5,10,12H,6-9H2,1-2H3,(H,20,23)(H2,19,21,24,25). The van der Waals surface area contributed by atoms with E-state index < -0.39 is 26.2 Å². The van der Waals surface area contributed by atoms with Crippen molar-refractivity contribution in [2.45, 2.75) is 24.7 Å². The van der Waals surface area contributed by atoms with Gasteiger partial charge in [0.05, 0.1) is 7.11 Å². The van der Waals surface area contributed by atoms with Gasteiger partial charge < -0.3 is 15.0 Å². The van der Waals surface area contributed by atoms with E-state index in [1.54, 1.807) is 24.3 Å². The largest absolute Gasteiger partial charge is 0.497 e. The first-order valence-electron chi connectivity index (χ1n) is 9.00. The number of hydrogen-bond donors (Lipinski definition) is 3. The second kappa shape index (κ2) is 8.21. The van der Waals surface area contributed by atoms with E-state index in [4.69, 9.17) is 4.74 Å². The molecule has 1 aliphatic rings. The number of carbonyl (C=O) groups excluding carboxylic acids is 1. The summed E-state index contributed by atoms with van der Waals surface area (Å²) >= 11 is 0. The molecule has 0 bridgehead atoms. The molecular formula is C18H22N4O6S. The Morgan fingerprint density at radius 2 is 1.90 bits per heavy atom. The molecule has 3 rings (SSSR count). The summed E-state index contributed by atoms with van der Waals surface area (Å²) in [5, 5.41) is 2.81. The van der Waals surface area contributed by atoms with Crippen molar-refractivity contribution in [1.82, 2.24) is 14.3 Å². The van der Waals surface area contributed by atoms with Crippen LogP contribution in [0.2, 0.25) is 0 Å². The lowest BCUT2D eigenvalue weighted by molar-refractivity contribution is -0.120. The number of carbonyl (C=O) groups is 1. The number of rotatable bonds is 5. The SMILES string of the molecule is COc1cccc(NC(=O)C2CCN(S(=O)(=O)c3c(C)[nH]c(=O)[nH]c3=O)CC2)c1. The van der Waals surface area contributed by atoms with Crippen LogP contribution in [0.4, 0.5) is 5.69 Å². The minimum atomic E-state index is -4.09. The minimum Gasteiger partial charge on any atom is -0.497 e. The highest BCUT2D eigenvalue weighted by Gasteiger charge is 2.34. The van der Waals surface area contributed by atoms with Crippen molar-refractivity contribution < 1.29 is 17.9 Å². The van der Waals surface area contributed by atoms with Crippen molar-refractivity contribution in [3.05, 3.63) is 50.8 Å². The number of aromatic nitrogens is 2. The maximum Gasteiger partial charge on any atom is 0.325 e. The quantitative estimate of drug-likeness (QED) is 0.638. The van der Waals surface area contributed by atoms with Crippen molar-refractivity contribution >= 4 is 21.6 Å². The number of nitrogens with zero attached hydrogens (tertiary/aromatic N) is 1. The van der Waals surface area contributed by atoms with E-state index in [1.165, 1.54) is 14.0 Å². The highest BCUT2D eigenvalue weighted by Crippen LogP contribution is 2.25. The summed E-state index contributed by atoms with van der Waals surface area (Å²) in [7, 11) is -2.55. The number of nitrogens with one attached hydrogen (secondary N) is 3. The Morgan fingerprint density at radius 3 is 2.52 bits per heavy atom. The first-order chi connectivity index (χ1) is 13.7. The molecule has 1 aromatic heterocycles. The van der Waals surface area contributed by atoms with E-state index in [2.05, 4.69) is 10.3 Å². The summed E-state index contributed by atoms with van der Waals surface area (Å²) in [5.74, 6) is 0.0567. The Hall–Kier alpha value is -2.92. The van der Waals surface area contributed by atoms with Gasteiger partial charge >= 0.3 is 5.69 Å². The molecule has 10 nitrogen and oxygen atoms in total. The van der Waals surface area contributed by atoms with Crippen molar-refractivity contribution in [2.75, 3.05) is 25.5 Å². The van der Waals surface area contributed by atoms with Crippen molar-refractivity contribution in [3.63, 3.8) is 0 Å². The van der Waals surface area contributed by atoms with Crippen molar-refractivity contribution in [1.29, 1.82) is 0 Å². The van der Waals surface area contributed by atoms with E-state index in [1.807, 2.05) is 4.98 Å². The molecule has 29 heavy (non-hydrogen) atoms. The summed E-state index contributed by atoms with van der Waals surface area (Å²) in [6.07, 6.45) is 0.630. The van der Waals surface area contributed by atoms with Gasteiger partial charge in [0.15, 0.2) is 4.90 Å². The maximum atomic E-state index is 12.8. The molecule has 0 aliphatic carbocycles. The third-order valence-corrected chi connectivity index (χ3v) is 6.89. The summed E-state index contributed by atoms with van der Waals surface area (Å²) in [4.78, 5) is 39.6. The summed E-state index contributed by atoms with van der Waals surface area (Å²) in [6, 6.07) is 6.96. The van der Waals surface area contributed by atoms with Gasteiger partial charge in [-0.1, -0.05) is 6.07 Å².